The molecule has 0 aliphatic rings. The molecule has 0 bridgehead atoms. The lowest BCUT2D eigenvalue weighted by molar-refractivity contribution is 0.474. The highest BCUT2D eigenvalue weighted by Crippen LogP contribution is 2.34. The number of anilines is 1. The topological polar surface area (TPSA) is 55.5 Å². The van der Waals surface area contributed by atoms with Gasteiger partial charge in [-0.25, -0.2) is 0 Å². The number of nitrogen functional groups attached to an aromatic ring is 1. The Bertz CT molecular complexity index is 329. The van der Waals surface area contributed by atoms with Crippen LogP contribution in [0.25, 0.3) is 0 Å². The molecule has 0 unspecified atom stereocenters. The zero-order chi connectivity index (χ0) is 11.3. The molecule has 0 saturated heterocycles. The van der Waals surface area contributed by atoms with Crippen LogP contribution in [-0.2, 0) is 6.42 Å². The van der Waals surface area contributed by atoms with Crippen molar-refractivity contribution in [2.75, 3.05) is 5.73 Å². The van der Waals surface area contributed by atoms with Crippen molar-refractivity contribution in [1.29, 1.82) is 0 Å². The average Bonchev–Trinajstić information content (AvgIpc) is 2.24. The van der Waals surface area contributed by atoms with Crippen LogP contribution in [0.2, 0.25) is 0 Å². The summed E-state index contributed by atoms with van der Waals surface area (Å²) in [5, 5.41) is 9.40. The Labute approximate surface area is 93.8 Å². The van der Waals surface area contributed by atoms with E-state index in [1.165, 1.54) is 12.8 Å². The standard InChI is InChI=1S/C11H16NO2Si/c1-2-3-4-5-8-6-7-9(13)10(12)11(8)14-15/h6-7,13H,2-5,12H2,1H3. The molecule has 1 rings (SSSR count). The van der Waals surface area contributed by atoms with E-state index in [9.17, 15) is 5.11 Å². The van der Waals surface area contributed by atoms with Gasteiger partial charge in [-0.15, -0.1) is 0 Å². The Hall–Kier alpha value is -1.16. The van der Waals surface area contributed by atoms with Crippen molar-refractivity contribution in [3.8, 4) is 11.5 Å². The van der Waals surface area contributed by atoms with Crippen LogP contribution in [-0.4, -0.2) is 15.6 Å². The molecule has 0 aliphatic heterocycles. The number of unbranched alkanes of at least 4 members (excludes halogenated alkanes) is 2. The quantitative estimate of drug-likeness (QED) is 0.347. The van der Waals surface area contributed by atoms with E-state index in [0.717, 1.165) is 18.4 Å². The van der Waals surface area contributed by atoms with Gasteiger partial charge < -0.3 is 15.3 Å². The van der Waals surface area contributed by atoms with Crippen LogP contribution in [0.3, 0.4) is 0 Å². The Balaban J connectivity index is 2.83. The van der Waals surface area contributed by atoms with E-state index in [-0.39, 0.29) is 5.75 Å². The SMILES string of the molecule is CCCCCc1ccc(O)c(N)c1O[Si]. The maximum Gasteiger partial charge on any atom is 0.341 e. The summed E-state index contributed by atoms with van der Waals surface area (Å²) in [5.74, 6) is 0.588. The third-order valence-corrected chi connectivity index (χ3v) is 2.61. The molecular weight excluding hydrogens is 206 g/mol. The van der Waals surface area contributed by atoms with Crippen LogP contribution >= 0.6 is 0 Å². The number of phenols is 1. The van der Waals surface area contributed by atoms with E-state index in [4.69, 9.17) is 10.2 Å². The second-order valence-corrected chi connectivity index (χ2v) is 3.75. The Kier molecular flexibility index (Phi) is 4.49. The van der Waals surface area contributed by atoms with Crippen molar-refractivity contribution in [3.63, 3.8) is 0 Å². The van der Waals surface area contributed by atoms with Crippen molar-refractivity contribution >= 4 is 16.2 Å². The predicted molar refractivity (Wildman–Crippen MR) is 62.1 cm³/mol. The minimum atomic E-state index is 0.0579. The molecule has 0 spiro atoms. The fraction of sp³-hybridized carbons (Fsp3) is 0.455. The third kappa shape index (κ3) is 2.89. The first kappa shape index (κ1) is 11.9. The minimum absolute atomic E-state index is 0.0579. The van der Waals surface area contributed by atoms with E-state index >= 15 is 0 Å². The molecule has 1 aromatic carbocycles. The van der Waals surface area contributed by atoms with Crippen molar-refractivity contribution in [1.82, 2.24) is 0 Å². The highest BCUT2D eigenvalue weighted by molar-refractivity contribution is 6.01. The summed E-state index contributed by atoms with van der Waals surface area (Å²) in [6.45, 7) is 2.16. The lowest BCUT2D eigenvalue weighted by atomic mass is 10.0. The molecule has 3 radical (unpaired) electrons. The number of benzene rings is 1. The number of hydrogen-bond acceptors (Lipinski definition) is 3. The number of aromatic hydroxyl groups is 1. The lowest BCUT2D eigenvalue weighted by Gasteiger charge is -2.12. The van der Waals surface area contributed by atoms with Gasteiger partial charge in [0, 0.05) is 0 Å². The normalized spacial score (nSPS) is 10.3. The van der Waals surface area contributed by atoms with E-state index in [1.807, 2.05) is 6.07 Å². The molecule has 81 valence electrons. The van der Waals surface area contributed by atoms with Crippen LogP contribution < -0.4 is 10.2 Å². The summed E-state index contributed by atoms with van der Waals surface area (Å²) in [6, 6.07) is 3.45. The van der Waals surface area contributed by atoms with Crippen molar-refractivity contribution in [2.24, 2.45) is 0 Å². The zero-order valence-corrected chi connectivity index (χ0v) is 9.92. The molecule has 0 aliphatic carbocycles. The smallest absolute Gasteiger partial charge is 0.341 e. The third-order valence-electron chi connectivity index (χ3n) is 2.41. The Morgan fingerprint density at radius 2 is 2.13 bits per heavy atom. The first-order valence-electron chi connectivity index (χ1n) is 5.14. The highest BCUT2D eigenvalue weighted by atomic mass is 28.2. The summed E-state index contributed by atoms with van der Waals surface area (Å²) in [7, 11) is 2.96. The number of phenolic OH excluding ortho intramolecular Hbond substituents is 1. The Morgan fingerprint density at radius 1 is 1.40 bits per heavy atom. The maximum absolute atomic E-state index is 9.40. The van der Waals surface area contributed by atoms with Crippen molar-refractivity contribution in [3.05, 3.63) is 17.7 Å². The summed E-state index contributed by atoms with van der Waals surface area (Å²) in [5.41, 5.74) is 7.00. The summed E-state index contributed by atoms with van der Waals surface area (Å²) >= 11 is 0. The van der Waals surface area contributed by atoms with Gasteiger partial charge in [-0.05, 0) is 24.5 Å². The molecule has 3 N–H and O–H groups in total. The van der Waals surface area contributed by atoms with Crippen LogP contribution in [0, 0.1) is 0 Å². The molecule has 1 aromatic rings. The number of rotatable bonds is 5. The lowest BCUT2D eigenvalue weighted by Crippen LogP contribution is -1.99. The van der Waals surface area contributed by atoms with Gasteiger partial charge in [0.2, 0.25) is 0 Å². The van der Waals surface area contributed by atoms with Gasteiger partial charge >= 0.3 is 10.5 Å². The average molecular weight is 222 g/mol. The molecular formula is C11H16NO2Si. The minimum Gasteiger partial charge on any atom is -0.539 e. The molecule has 0 heterocycles. The van der Waals surface area contributed by atoms with E-state index in [2.05, 4.69) is 17.4 Å². The highest BCUT2D eigenvalue weighted by Gasteiger charge is 2.09. The molecule has 3 nitrogen and oxygen atoms in total. The predicted octanol–water partition coefficient (Wildman–Crippen LogP) is 2.17. The first-order valence-corrected chi connectivity index (χ1v) is 5.55. The second kappa shape index (κ2) is 5.65. The van der Waals surface area contributed by atoms with Gasteiger partial charge in [0.05, 0.1) is 0 Å². The number of aryl methyl sites for hydroxylation is 1. The number of nitrogens with two attached hydrogens (primary N) is 1. The summed E-state index contributed by atoms with van der Waals surface area (Å²) in [6.07, 6.45) is 4.38. The van der Waals surface area contributed by atoms with Gasteiger partial charge in [-0.1, -0.05) is 25.8 Å². The van der Waals surface area contributed by atoms with Crippen molar-refractivity contribution in [2.45, 2.75) is 32.6 Å². The van der Waals surface area contributed by atoms with Crippen LogP contribution in [0.5, 0.6) is 11.5 Å². The first-order chi connectivity index (χ1) is 7.20. The van der Waals surface area contributed by atoms with E-state index in [1.54, 1.807) is 6.07 Å². The molecule has 15 heavy (non-hydrogen) atoms. The largest absolute Gasteiger partial charge is 0.539 e. The Morgan fingerprint density at radius 3 is 2.73 bits per heavy atom. The van der Waals surface area contributed by atoms with Crippen LogP contribution in [0.1, 0.15) is 31.7 Å². The van der Waals surface area contributed by atoms with E-state index < -0.39 is 0 Å². The van der Waals surface area contributed by atoms with E-state index in [0.29, 0.717) is 11.4 Å². The fourth-order valence-corrected chi connectivity index (χ4v) is 1.76. The number of hydrogen-bond donors (Lipinski definition) is 2. The van der Waals surface area contributed by atoms with Gasteiger partial charge in [-0.2, -0.15) is 0 Å². The van der Waals surface area contributed by atoms with Gasteiger partial charge in [0.25, 0.3) is 0 Å². The van der Waals surface area contributed by atoms with Crippen molar-refractivity contribution < 1.29 is 9.53 Å². The summed E-state index contributed by atoms with van der Waals surface area (Å²) in [4.78, 5) is 0. The zero-order valence-electron chi connectivity index (χ0n) is 8.92. The summed E-state index contributed by atoms with van der Waals surface area (Å²) < 4.78 is 5.01. The monoisotopic (exact) mass is 222 g/mol. The molecule has 0 saturated carbocycles. The van der Waals surface area contributed by atoms with Gasteiger partial charge in [-0.3, -0.25) is 0 Å². The van der Waals surface area contributed by atoms with Crippen LogP contribution in [0.15, 0.2) is 12.1 Å². The maximum atomic E-state index is 9.40. The molecule has 0 atom stereocenters. The molecule has 0 aromatic heterocycles. The molecule has 0 fully saturated rings. The van der Waals surface area contributed by atoms with Gasteiger partial charge in [0.15, 0.2) is 0 Å². The van der Waals surface area contributed by atoms with Gasteiger partial charge in [0.1, 0.15) is 17.2 Å². The molecule has 4 heteroatoms. The fourth-order valence-electron chi connectivity index (χ4n) is 1.52. The van der Waals surface area contributed by atoms with Crippen LogP contribution in [0.4, 0.5) is 5.69 Å². The second-order valence-electron chi connectivity index (χ2n) is 3.55. The molecule has 0 amide bonds.